The molecule has 2 rings (SSSR count). The molecular weight excluding hydrogens is 310 g/mol. The lowest BCUT2D eigenvalue weighted by Crippen LogP contribution is -2.05. The van der Waals surface area contributed by atoms with Crippen molar-refractivity contribution in [1.82, 2.24) is 14.8 Å². The predicted octanol–water partition coefficient (Wildman–Crippen LogP) is 3.62. The predicted molar refractivity (Wildman–Crippen MR) is 92.4 cm³/mol. The van der Waals surface area contributed by atoms with Crippen LogP contribution in [0, 0.1) is 0 Å². The van der Waals surface area contributed by atoms with Gasteiger partial charge in [-0.15, -0.1) is 10.2 Å². The summed E-state index contributed by atoms with van der Waals surface area (Å²) >= 11 is 1.66. The zero-order chi connectivity index (χ0) is 16.5. The van der Waals surface area contributed by atoms with Crippen molar-refractivity contribution < 1.29 is 9.53 Å². The molecule has 0 saturated heterocycles. The number of nitrogens with zero attached hydrogens (tertiary/aromatic N) is 3. The van der Waals surface area contributed by atoms with Crippen molar-refractivity contribution in [3.8, 4) is 5.75 Å². The van der Waals surface area contributed by atoms with Gasteiger partial charge in [0.1, 0.15) is 17.9 Å². The second kappa shape index (κ2) is 9.35. The first-order chi connectivity index (χ1) is 11.3. The van der Waals surface area contributed by atoms with E-state index < -0.39 is 0 Å². The number of carbonyl (C=O) groups is 1. The molecule has 0 fully saturated rings. The highest BCUT2D eigenvalue weighted by atomic mass is 32.2. The lowest BCUT2D eigenvalue weighted by molar-refractivity contribution is 0.112. The van der Waals surface area contributed by atoms with E-state index >= 15 is 0 Å². The Morgan fingerprint density at radius 3 is 2.65 bits per heavy atom. The third-order valence-corrected chi connectivity index (χ3v) is 4.39. The third-order valence-electron chi connectivity index (χ3n) is 3.46. The van der Waals surface area contributed by atoms with Gasteiger partial charge >= 0.3 is 0 Å². The average molecular weight is 333 g/mol. The number of aromatic nitrogens is 3. The number of ether oxygens (including phenoxy) is 1. The smallest absolute Gasteiger partial charge is 0.191 e. The Labute approximate surface area is 141 Å². The summed E-state index contributed by atoms with van der Waals surface area (Å²) in [6.45, 7) is 5.78. The molecular formula is C17H23N3O2S. The lowest BCUT2D eigenvalue weighted by atomic mass is 10.2. The summed E-state index contributed by atoms with van der Waals surface area (Å²) in [6, 6.07) is 7.13. The van der Waals surface area contributed by atoms with Gasteiger partial charge in [0.05, 0.1) is 6.61 Å². The number of thioether (sulfide) groups is 1. The molecule has 0 amide bonds. The molecule has 1 aromatic heterocycles. The molecule has 2 aromatic rings. The van der Waals surface area contributed by atoms with Gasteiger partial charge in [0.15, 0.2) is 5.16 Å². The molecule has 0 aliphatic rings. The Morgan fingerprint density at radius 1 is 1.22 bits per heavy atom. The minimum atomic E-state index is 0.589. The highest BCUT2D eigenvalue weighted by molar-refractivity contribution is 7.99. The summed E-state index contributed by atoms with van der Waals surface area (Å²) < 4.78 is 7.86. The van der Waals surface area contributed by atoms with Crippen molar-refractivity contribution in [2.45, 2.75) is 44.8 Å². The zero-order valence-corrected chi connectivity index (χ0v) is 14.5. The number of carbonyl (C=O) groups excluding carboxylic acids is 1. The van der Waals surface area contributed by atoms with Crippen molar-refractivity contribution in [2.24, 2.45) is 0 Å². The SMILES string of the molecule is CCCCc1nnc(SCCOc2ccc(C=O)cc2)n1CC. The van der Waals surface area contributed by atoms with Gasteiger partial charge in [0, 0.05) is 24.3 Å². The van der Waals surface area contributed by atoms with Crippen LogP contribution in [0.5, 0.6) is 5.75 Å². The maximum absolute atomic E-state index is 10.6. The fourth-order valence-electron chi connectivity index (χ4n) is 2.20. The summed E-state index contributed by atoms with van der Waals surface area (Å²) in [7, 11) is 0. The van der Waals surface area contributed by atoms with E-state index in [1.165, 1.54) is 0 Å². The van der Waals surface area contributed by atoms with Crippen LogP contribution in [0.2, 0.25) is 0 Å². The van der Waals surface area contributed by atoms with Crippen LogP contribution in [0.25, 0.3) is 0 Å². The largest absolute Gasteiger partial charge is 0.493 e. The van der Waals surface area contributed by atoms with E-state index in [2.05, 4.69) is 28.6 Å². The van der Waals surface area contributed by atoms with Gasteiger partial charge in [-0.05, 0) is 37.6 Å². The van der Waals surface area contributed by atoms with Crippen LogP contribution < -0.4 is 4.74 Å². The van der Waals surface area contributed by atoms with Crippen LogP contribution in [0.4, 0.5) is 0 Å². The Morgan fingerprint density at radius 2 is 2.00 bits per heavy atom. The molecule has 124 valence electrons. The quantitative estimate of drug-likeness (QED) is 0.377. The van der Waals surface area contributed by atoms with Gasteiger partial charge in [0.2, 0.25) is 0 Å². The molecule has 5 nitrogen and oxygen atoms in total. The van der Waals surface area contributed by atoms with Crippen LogP contribution in [0.3, 0.4) is 0 Å². The van der Waals surface area contributed by atoms with E-state index in [1.54, 1.807) is 23.9 Å². The Kier molecular flexibility index (Phi) is 7.13. The zero-order valence-electron chi connectivity index (χ0n) is 13.7. The number of hydrogen-bond donors (Lipinski definition) is 0. The van der Waals surface area contributed by atoms with Gasteiger partial charge < -0.3 is 9.30 Å². The molecule has 0 bridgehead atoms. The standard InChI is InChI=1S/C17H23N3O2S/c1-3-5-6-16-18-19-17(20(16)4-2)23-12-11-22-15-9-7-14(13-21)8-10-15/h7-10,13H,3-6,11-12H2,1-2H3. The summed E-state index contributed by atoms with van der Waals surface area (Å²) in [4.78, 5) is 10.6. The Balaban J connectivity index is 1.81. The first-order valence-corrected chi connectivity index (χ1v) is 9.00. The number of benzene rings is 1. The van der Waals surface area contributed by atoms with Crippen LogP contribution in [0.1, 0.15) is 42.9 Å². The molecule has 0 spiro atoms. The second-order valence-corrected chi connectivity index (χ2v) is 6.19. The molecule has 0 radical (unpaired) electrons. The monoisotopic (exact) mass is 333 g/mol. The second-order valence-electron chi connectivity index (χ2n) is 5.13. The van der Waals surface area contributed by atoms with E-state index in [0.29, 0.717) is 12.2 Å². The first kappa shape index (κ1) is 17.5. The molecule has 6 heteroatoms. The molecule has 23 heavy (non-hydrogen) atoms. The molecule has 1 heterocycles. The van der Waals surface area contributed by atoms with Crippen LogP contribution in [-0.4, -0.2) is 33.4 Å². The summed E-state index contributed by atoms with van der Waals surface area (Å²) in [5.74, 6) is 2.65. The third kappa shape index (κ3) is 5.10. The van der Waals surface area contributed by atoms with Gasteiger partial charge in [-0.25, -0.2) is 0 Å². The lowest BCUT2D eigenvalue weighted by Gasteiger charge is -2.08. The Bertz CT molecular complexity index is 611. The van der Waals surface area contributed by atoms with E-state index in [-0.39, 0.29) is 0 Å². The number of aldehydes is 1. The molecule has 0 aliphatic carbocycles. The molecule has 0 atom stereocenters. The van der Waals surface area contributed by atoms with Gasteiger partial charge in [-0.1, -0.05) is 25.1 Å². The van der Waals surface area contributed by atoms with Crippen molar-refractivity contribution >= 4 is 18.0 Å². The molecule has 0 saturated carbocycles. The average Bonchev–Trinajstić information content (AvgIpc) is 2.99. The summed E-state index contributed by atoms with van der Waals surface area (Å²) in [5.41, 5.74) is 0.655. The van der Waals surface area contributed by atoms with E-state index in [9.17, 15) is 4.79 Å². The molecule has 0 unspecified atom stereocenters. The van der Waals surface area contributed by atoms with Crippen molar-refractivity contribution in [1.29, 1.82) is 0 Å². The summed E-state index contributed by atoms with van der Waals surface area (Å²) in [5, 5.41) is 9.54. The minimum absolute atomic E-state index is 0.589. The normalized spacial score (nSPS) is 10.7. The molecule has 0 N–H and O–H groups in total. The maximum Gasteiger partial charge on any atom is 0.191 e. The Hall–Kier alpha value is -1.82. The van der Waals surface area contributed by atoms with Gasteiger partial charge in [0.25, 0.3) is 0 Å². The van der Waals surface area contributed by atoms with Crippen molar-refractivity contribution in [3.05, 3.63) is 35.7 Å². The molecule has 1 aromatic carbocycles. The highest BCUT2D eigenvalue weighted by Gasteiger charge is 2.10. The highest BCUT2D eigenvalue weighted by Crippen LogP contribution is 2.19. The molecule has 0 aliphatic heterocycles. The van der Waals surface area contributed by atoms with Crippen molar-refractivity contribution in [2.75, 3.05) is 12.4 Å². The fraction of sp³-hybridized carbons (Fsp3) is 0.471. The van der Waals surface area contributed by atoms with E-state index in [1.807, 2.05) is 12.1 Å². The number of rotatable bonds is 10. The van der Waals surface area contributed by atoms with Gasteiger partial charge in [-0.3, -0.25) is 4.79 Å². The van der Waals surface area contributed by atoms with Gasteiger partial charge in [-0.2, -0.15) is 0 Å². The summed E-state index contributed by atoms with van der Waals surface area (Å²) in [6.07, 6.45) is 4.11. The van der Waals surface area contributed by atoms with E-state index in [4.69, 9.17) is 4.74 Å². The minimum Gasteiger partial charge on any atom is -0.493 e. The van der Waals surface area contributed by atoms with Crippen LogP contribution >= 0.6 is 11.8 Å². The topological polar surface area (TPSA) is 57.0 Å². The first-order valence-electron chi connectivity index (χ1n) is 8.01. The van der Waals surface area contributed by atoms with Crippen LogP contribution in [-0.2, 0) is 13.0 Å². The van der Waals surface area contributed by atoms with E-state index in [0.717, 1.165) is 54.6 Å². The van der Waals surface area contributed by atoms with Crippen LogP contribution in [0.15, 0.2) is 29.4 Å². The number of aryl methyl sites for hydroxylation is 1. The fourth-order valence-corrected chi connectivity index (χ4v) is 3.04. The number of unbranched alkanes of at least 4 members (excludes halogenated alkanes) is 1. The maximum atomic E-state index is 10.6. The van der Waals surface area contributed by atoms with Crippen molar-refractivity contribution in [3.63, 3.8) is 0 Å². The number of hydrogen-bond acceptors (Lipinski definition) is 5.